The SMILES string of the molecule is C[C@@H](NCCN1C(=O)CNC1=O)c1ccccc1N(C)C. The van der Waals surface area contributed by atoms with Crippen LogP contribution in [-0.4, -0.2) is 50.6 Å². The summed E-state index contributed by atoms with van der Waals surface area (Å²) < 4.78 is 0. The molecular weight excluding hydrogens is 268 g/mol. The first-order chi connectivity index (χ1) is 10.0. The smallest absolute Gasteiger partial charge is 0.324 e. The number of carbonyl (C=O) groups excluding carboxylic acids is 2. The second-order valence-electron chi connectivity index (χ2n) is 5.33. The Morgan fingerprint density at radius 1 is 1.33 bits per heavy atom. The van der Waals surface area contributed by atoms with Crippen molar-refractivity contribution in [3.05, 3.63) is 29.8 Å². The van der Waals surface area contributed by atoms with Gasteiger partial charge in [0.05, 0.1) is 6.54 Å². The van der Waals surface area contributed by atoms with Crippen molar-refractivity contribution in [2.75, 3.05) is 38.6 Å². The molecule has 2 rings (SSSR count). The Morgan fingerprint density at radius 3 is 2.67 bits per heavy atom. The highest BCUT2D eigenvalue weighted by atomic mass is 16.2. The minimum atomic E-state index is -0.303. The van der Waals surface area contributed by atoms with E-state index >= 15 is 0 Å². The first-order valence-electron chi connectivity index (χ1n) is 7.08. The van der Waals surface area contributed by atoms with E-state index in [1.54, 1.807) is 0 Å². The normalized spacial score (nSPS) is 16.0. The second kappa shape index (κ2) is 6.58. The van der Waals surface area contributed by atoms with E-state index < -0.39 is 0 Å². The number of nitrogens with zero attached hydrogens (tertiary/aromatic N) is 2. The molecule has 6 nitrogen and oxygen atoms in total. The molecule has 0 saturated carbocycles. The summed E-state index contributed by atoms with van der Waals surface area (Å²) >= 11 is 0. The molecule has 0 bridgehead atoms. The predicted molar refractivity (Wildman–Crippen MR) is 82.3 cm³/mol. The van der Waals surface area contributed by atoms with Crippen LogP contribution in [0.25, 0.3) is 0 Å². The first kappa shape index (κ1) is 15.3. The summed E-state index contributed by atoms with van der Waals surface area (Å²) in [6, 6.07) is 8.02. The van der Waals surface area contributed by atoms with Crippen LogP contribution in [-0.2, 0) is 4.79 Å². The molecule has 0 unspecified atom stereocenters. The zero-order chi connectivity index (χ0) is 15.4. The van der Waals surface area contributed by atoms with E-state index in [0.29, 0.717) is 13.1 Å². The van der Waals surface area contributed by atoms with Crippen LogP contribution >= 0.6 is 0 Å². The van der Waals surface area contributed by atoms with Crippen molar-refractivity contribution in [2.24, 2.45) is 0 Å². The van der Waals surface area contributed by atoms with Crippen LogP contribution in [0.4, 0.5) is 10.5 Å². The highest BCUT2D eigenvalue weighted by molar-refractivity contribution is 6.01. The molecule has 0 aromatic heterocycles. The lowest BCUT2D eigenvalue weighted by atomic mass is 10.1. The Kier molecular flexibility index (Phi) is 4.80. The standard InChI is InChI=1S/C15H22N4O2/c1-11(12-6-4-5-7-13(12)18(2)3)16-8-9-19-14(20)10-17-15(19)21/h4-7,11,16H,8-10H2,1-3H3,(H,17,21)/t11-/m1/s1. The number of amides is 3. The number of rotatable bonds is 6. The highest BCUT2D eigenvalue weighted by Gasteiger charge is 2.27. The van der Waals surface area contributed by atoms with Gasteiger partial charge in [0.25, 0.3) is 0 Å². The molecule has 0 aliphatic carbocycles. The van der Waals surface area contributed by atoms with Gasteiger partial charge in [0.1, 0.15) is 0 Å². The van der Waals surface area contributed by atoms with Crippen molar-refractivity contribution < 1.29 is 9.59 Å². The molecule has 1 aliphatic rings. The van der Waals surface area contributed by atoms with Gasteiger partial charge in [-0.3, -0.25) is 9.69 Å². The lowest BCUT2D eigenvalue weighted by molar-refractivity contribution is -0.124. The molecule has 3 amide bonds. The zero-order valence-electron chi connectivity index (χ0n) is 12.7. The largest absolute Gasteiger partial charge is 0.377 e. The second-order valence-corrected chi connectivity index (χ2v) is 5.33. The van der Waals surface area contributed by atoms with Crippen molar-refractivity contribution in [3.63, 3.8) is 0 Å². The molecule has 114 valence electrons. The lowest BCUT2D eigenvalue weighted by Crippen LogP contribution is -2.37. The fourth-order valence-electron chi connectivity index (χ4n) is 2.45. The summed E-state index contributed by atoms with van der Waals surface area (Å²) in [5.74, 6) is -0.164. The average molecular weight is 290 g/mol. The Balaban J connectivity index is 1.92. The summed E-state index contributed by atoms with van der Waals surface area (Å²) in [6.07, 6.45) is 0. The van der Waals surface area contributed by atoms with Gasteiger partial charge >= 0.3 is 6.03 Å². The average Bonchev–Trinajstić information content (AvgIpc) is 2.78. The number of carbonyl (C=O) groups is 2. The van der Waals surface area contributed by atoms with E-state index in [1.807, 2.05) is 26.2 Å². The van der Waals surface area contributed by atoms with Crippen LogP contribution in [0.3, 0.4) is 0 Å². The van der Waals surface area contributed by atoms with Gasteiger partial charge in [-0.1, -0.05) is 18.2 Å². The maximum absolute atomic E-state index is 11.5. The Hall–Kier alpha value is -2.08. The maximum atomic E-state index is 11.5. The lowest BCUT2D eigenvalue weighted by Gasteiger charge is -2.23. The number of anilines is 1. The monoisotopic (exact) mass is 290 g/mol. The topological polar surface area (TPSA) is 64.7 Å². The third kappa shape index (κ3) is 3.52. The van der Waals surface area contributed by atoms with Crippen LogP contribution in [0, 0.1) is 0 Å². The van der Waals surface area contributed by atoms with Crippen molar-refractivity contribution in [1.29, 1.82) is 0 Å². The third-order valence-corrected chi connectivity index (χ3v) is 3.61. The summed E-state index contributed by atoms with van der Waals surface area (Å²) in [4.78, 5) is 26.2. The van der Waals surface area contributed by atoms with Crippen molar-refractivity contribution in [1.82, 2.24) is 15.5 Å². The molecular formula is C15H22N4O2. The fourth-order valence-corrected chi connectivity index (χ4v) is 2.45. The summed E-state index contributed by atoms with van der Waals surface area (Å²) in [6.45, 7) is 3.15. The van der Waals surface area contributed by atoms with Gasteiger partial charge in [0.2, 0.25) is 5.91 Å². The number of hydrogen-bond donors (Lipinski definition) is 2. The van der Waals surface area contributed by atoms with E-state index in [4.69, 9.17) is 0 Å². The third-order valence-electron chi connectivity index (χ3n) is 3.61. The van der Waals surface area contributed by atoms with E-state index in [2.05, 4.69) is 34.6 Å². The van der Waals surface area contributed by atoms with Gasteiger partial charge in [-0.2, -0.15) is 0 Å². The van der Waals surface area contributed by atoms with Crippen LogP contribution in [0.15, 0.2) is 24.3 Å². The molecule has 1 aromatic carbocycles. The quantitative estimate of drug-likeness (QED) is 0.766. The predicted octanol–water partition coefficient (Wildman–Crippen LogP) is 0.955. The summed E-state index contributed by atoms with van der Waals surface area (Å²) in [7, 11) is 4.03. The van der Waals surface area contributed by atoms with E-state index in [0.717, 1.165) is 5.69 Å². The molecule has 1 fully saturated rings. The maximum Gasteiger partial charge on any atom is 0.324 e. The summed E-state index contributed by atoms with van der Waals surface area (Å²) in [5, 5.41) is 5.88. The number of urea groups is 1. The number of hydrogen-bond acceptors (Lipinski definition) is 4. The number of nitrogens with one attached hydrogen (secondary N) is 2. The summed E-state index contributed by atoms with van der Waals surface area (Å²) in [5.41, 5.74) is 2.35. The van der Waals surface area contributed by atoms with E-state index in [9.17, 15) is 9.59 Å². The minimum absolute atomic E-state index is 0.109. The van der Waals surface area contributed by atoms with Gasteiger partial charge in [0.15, 0.2) is 0 Å². The fraction of sp³-hybridized carbons (Fsp3) is 0.467. The molecule has 0 spiro atoms. The van der Waals surface area contributed by atoms with Crippen LogP contribution in [0.2, 0.25) is 0 Å². The number of benzene rings is 1. The molecule has 1 aromatic rings. The first-order valence-corrected chi connectivity index (χ1v) is 7.08. The Bertz CT molecular complexity index is 514. The van der Waals surface area contributed by atoms with Crippen LogP contribution in [0.5, 0.6) is 0 Å². The van der Waals surface area contributed by atoms with Gasteiger partial charge in [0, 0.05) is 38.9 Å². The van der Waals surface area contributed by atoms with Gasteiger partial charge < -0.3 is 15.5 Å². The van der Waals surface area contributed by atoms with Crippen molar-refractivity contribution in [3.8, 4) is 0 Å². The molecule has 1 heterocycles. The molecule has 21 heavy (non-hydrogen) atoms. The molecule has 1 saturated heterocycles. The minimum Gasteiger partial charge on any atom is -0.377 e. The van der Waals surface area contributed by atoms with Crippen LogP contribution < -0.4 is 15.5 Å². The van der Waals surface area contributed by atoms with Crippen LogP contribution in [0.1, 0.15) is 18.5 Å². The van der Waals surface area contributed by atoms with Crippen molar-refractivity contribution in [2.45, 2.75) is 13.0 Å². The zero-order valence-corrected chi connectivity index (χ0v) is 12.7. The van der Waals surface area contributed by atoms with Gasteiger partial charge in [-0.25, -0.2) is 4.79 Å². The molecule has 0 radical (unpaired) electrons. The van der Waals surface area contributed by atoms with Crippen molar-refractivity contribution >= 4 is 17.6 Å². The molecule has 2 N–H and O–H groups in total. The van der Waals surface area contributed by atoms with E-state index in [1.165, 1.54) is 10.5 Å². The molecule has 1 atom stereocenters. The highest BCUT2D eigenvalue weighted by Crippen LogP contribution is 2.24. The van der Waals surface area contributed by atoms with E-state index in [-0.39, 0.29) is 24.5 Å². The molecule has 1 aliphatic heterocycles. The Morgan fingerprint density at radius 2 is 2.05 bits per heavy atom. The Labute approximate surface area is 125 Å². The van der Waals surface area contributed by atoms with Gasteiger partial charge in [-0.15, -0.1) is 0 Å². The number of imide groups is 1. The van der Waals surface area contributed by atoms with Gasteiger partial charge in [-0.05, 0) is 18.6 Å². The number of para-hydroxylation sites is 1. The molecule has 6 heteroatoms.